The van der Waals surface area contributed by atoms with Crippen molar-refractivity contribution in [2.24, 2.45) is 0 Å². The van der Waals surface area contributed by atoms with E-state index in [0.29, 0.717) is 18.0 Å². The summed E-state index contributed by atoms with van der Waals surface area (Å²) < 4.78 is 26.5. The molecule has 2 aromatic rings. The number of benzene rings is 1. The summed E-state index contributed by atoms with van der Waals surface area (Å²) in [6.45, 7) is 0.384. The van der Waals surface area contributed by atoms with Crippen molar-refractivity contribution in [3.8, 4) is 0 Å². The Hall–Kier alpha value is -0.880. The first-order valence-corrected chi connectivity index (χ1v) is 8.09. The van der Waals surface area contributed by atoms with Crippen LogP contribution >= 0.6 is 22.9 Å². The molecule has 0 bridgehead atoms. The molecule has 0 unspecified atom stereocenters. The molecular weight excluding hydrogens is 290 g/mol. The fourth-order valence-corrected chi connectivity index (χ4v) is 3.52. The molecule has 0 aliphatic carbocycles. The van der Waals surface area contributed by atoms with Crippen molar-refractivity contribution in [3.05, 3.63) is 51.7 Å². The van der Waals surface area contributed by atoms with Crippen LogP contribution in [0.2, 0.25) is 5.02 Å². The number of rotatable bonds is 5. The molecule has 1 aromatic heterocycles. The molecule has 0 aliphatic heterocycles. The van der Waals surface area contributed by atoms with Crippen LogP contribution in [-0.2, 0) is 16.4 Å². The topological polar surface area (TPSA) is 46.2 Å². The summed E-state index contributed by atoms with van der Waals surface area (Å²) >= 11 is 7.39. The maximum atomic E-state index is 11.9. The molecule has 2 rings (SSSR count). The maximum Gasteiger partial charge on any atom is 0.240 e. The number of hydrogen-bond donors (Lipinski definition) is 1. The third kappa shape index (κ3) is 3.55. The highest BCUT2D eigenvalue weighted by Crippen LogP contribution is 2.15. The van der Waals surface area contributed by atoms with Crippen molar-refractivity contribution < 1.29 is 8.42 Å². The fourth-order valence-electron chi connectivity index (χ4n) is 1.48. The van der Waals surface area contributed by atoms with Gasteiger partial charge in [0.05, 0.1) is 4.90 Å². The minimum atomic E-state index is -3.47. The lowest BCUT2D eigenvalue weighted by atomic mass is 10.3. The van der Waals surface area contributed by atoms with Crippen LogP contribution in [0.3, 0.4) is 0 Å². The molecule has 0 amide bonds. The Morgan fingerprint density at radius 1 is 1.22 bits per heavy atom. The van der Waals surface area contributed by atoms with Gasteiger partial charge in [-0.05, 0) is 36.1 Å². The van der Waals surface area contributed by atoms with E-state index in [2.05, 4.69) is 4.72 Å². The van der Waals surface area contributed by atoms with Gasteiger partial charge >= 0.3 is 0 Å². The van der Waals surface area contributed by atoms with Gasteiger partial charge in [0.15, 0.2) is 0 Å². The summed E-state index contributed by atoms with van der Waals surface area (Å²) in [5.74, 6) is 0. The first kappa shape index (κ1) is 13.5. The Balaban J connectivity index is 1.99. The first-order chi connectivity index (χ1) is 8.58. The molecule has 0 fully saturated rings. The molecule has 0 saturated heterocycles. The van der Waals surface area contributed by atoms with E-state index in [9.17, 15) is 8.42 Å². The molecule has 18 heavy (non-hydrogen) atoms. The Bertz CT molecular complexity index is 609. The van der Waals surface area contributed by atoms with Crippen LogP contribution < -0.4 is 4.72 Å². The fraction of sp³-hybridized carbons (Fsp3) is 0.167. The van der Waals surface area contributed by atoms with Gasteiger partial charge in [0.25, 0.3) is 0 Å². The largest absolute Gasteiger partial charge is 0.240 e. The van der Waals surface area contributed by atoms with E-state index in [1.807, 2.05) is 17.5 Å². The van der Waals surface area contributed by atoms with Gasteiger partial charge in [-0.2, -0.15) is 0 Å². The van der Waals surface area contributed by atoms with Crippen molar-refractivity contribution in [2.45, 2.75) is 11.3 Å². The molecule has 96 valence electrons. The first-order valence-electron chi connectivity index (χ1n) is 5.35. The number of thiophene rings is 1. The minimum Gasteiger partial charge on any atom is -0.211 e. The van der Waals surface area contributed by atoms with E-state index in [0.717, 1.165) is 4.88 Å². The molecule has 1 heterocycles. The van der Waals surface area contributed by atoms with Gasteiger partial charge in [-0.3, -0.25) is 0 Å². The number of sulfonamides is 1. The Morgan fingerprint density at radius 2 is 2.06 bits per heavy atom. The number of nitrogens with one attached hydrogen (secondary N) is 1. The van der Waals surface area contributed by atoms with E-state index < -0.39 is 10.0 Å². The molecule has 0 aliphatic rings. The smallest absolute Gasteiger partial charge is 0.211 e. The quantitative estimate of drug-likeness (QED) is 0.923. The summed E-state index contributed by atoms with van der Waals surface area (Å²) in [6.07, 6.45) is 0.692. The van der Waals surface area contributed by atoms with E-state index in [1.54, 1.807) is 23.5 Å². The lowest BCUT2D eigenvalue weighted by molar-refractivity contribution is 0.582. The molecule has 3 nitrogen and oxygen atoms in total. The zero-order chi connectivity index (χ0) is 13.0. The number of halogens is 1. The zero-order valence-corrected chi connectivity index (χ0v) is 11.9. The van der Waals surface area contributed by atoms with Crippen molar-refractivity contribution in [1.29, 1.82) is 0 Å². The highest BCUT2D eigenvalue weighted by atomic mass is 35.5. The lowest BCUT2D eigenvalue weighted by Crippen LogP contribution is -2.25. The van der Waals surface area contributed by atoms with Crippen LogP contribution in [0.4, 0.5) is 0 Å². The summed E-state index contributed by atoms with van der Waals surface area (Å²) in [5.41, 5.74) is 0. The Kier molecular flexibility index (Phi) is 4.40. The SMILES string of the molecule is O=S(=O)(NCCc1cccs1)c1cccc(Cl)c1. The molecule has 0 saturated carbocycles. The van der Waals surface area contributed by atoms with Crippen LogP contribution in [-0.4, -0.2) is 15.0 Å². The van der Waals surface area contributed by atoms with Gasteiger partial charge in [0.2, 0.25) is 10.0 Å². The molecular formula is C12H12ClNO2S2. The van der Waals surface area contributed by atoms with Gasteiger partial charge in [0, 0.05) is 16.4 Å². The lowest BCUT2D eigenvalue weighted by Gasteiger charge is -2.06. The van der Waals surface area contributed by atoms with Gasteiger partial charge in [-0.15, -0.1) is 11.3 Å². The predicted octanol–water partition coefficient (Wildman–Crippen LogP) is 2.92. The highest BCUT2D eigenvalue weighted by Gasteiger charge is 2.13. The maximum absolute atomic E-state index is 11.9. The van der Waals surface area contributed by atoms with Gasteiger partial charge in [-0.25, -0.2) is 13.1 Å². The van der Waals surface area contributed by atoms with Crippen molar-refractivity contribution in [3.63, 3.8) is 0 Å². The molecule has 0 atom stereocenters. The average molecular weight is 302 g/mol. The second kappa shape index (κ2) is 5.84. The monoisotopic (exact) mass is 301 g/mol. The zero-order valence-electron chi connectivity index (χ0n) is 9.47. The van der Waals surface area contributed by atoms with E-state index in [-0.39, 0.29) is 4.90 Å². The van der Waals surface area contributed by atoms with Crippen LogP contribution in [0.15, 0.2) is 46.7 Å². The third-order valence-corrected chi connectivity index (χ3v) is 4.98. The Morgan fingerprint density at radius 3 is 2.72 bits per heavy atom. The van der Waals surface area contributed by atoms with Gasteiger partial charge in [-0.1, -0.05) is 23.7 Å². The van der Waals surface area contributed by atoms with Crippen molar-refractivity contribution >= 4 is 33.0 Å². The Labute approximate surface area is 115 Å². The standard InChI is InChI=1S/C12H12ClNO2S2/c13-10-3-1-5-12(9-10)18(15,16)14-7-6-11-4-2-8-17-11/h1-5,8-9,14H,6-7H2. The van der Waals surface area contributed by atoms with Crippen LogP contribution in [0.25, 0.3) is 0 Å². The highest BCUT2D eigenvalue weighted by molar-refractivity contribution is 7.89. The second-order valence-corrected chi connectivity index (χ2v) is 6.92. The predicted molar refractivity (Wildman–Crippen MR) is 74.7 cm³/mol. The van der Waals surface area contributed by atoms with Crippen LogP contribution in [0, 0.1) is 0 Å². The summed E-state index contributed by atoms with van der Waals surface area (Å²) in [4.78, 5) is 1.35. The second-order valence-electron chi connectivity index (χ2n) is 3.68. The molecule has 6 heteroatoms. The van der Waals surface area contributed by atoms with Crippen LogP contribution in [0.5, 0.6) is 0 Å². The van der Waals surface area contributed by atoms with E-state index in [4.69, 9.17) is 11.6 Å². The van der Waals surface area contributed by atoms with Gasteiger partial charge in [0.1, 0.15) is 0 Å². The van der Waals surface area contributed by atoms with Crippen LogP contribution in [0.1, 0.15) is 4.88 Å². The molecule has 0 spiro atoms. The van der Waals surface area contributed by atoms with Crippen molar-refractivity contribution in [1.82, 2.24) is 4.72 Å². The average Bonchev–Trinajstić information content (AvgIpc) is 2.82. The molecule has 0 radical (unpaired) electrons. The normalized spacial score (nSPS) is 11.6. The molecule has 1 aromatic carbocycles. The van der Waals surface area contributed by atoms with Gasteiger partial charge < -0.3 is 0 Å². The summed E-state index contributed by atoms with van der Waals surface area (Å²) in [6, 6.07) is 10.2. The van der Waals surface area contributed by atoms with E-state index in [1.165, 1.54) is 12.1 Å². The third-order valence-electron chi connectivity index (χ3n) is 2.35. The summed E-state index contributed by atoms with van der Waals surface area (Å²) in [5, 5.41) is 2.39. The molecule has 1 N–H and O–H groups in total. The summed E-state index contributed by atoms with van der Waals surface area (Å²) in [7, 11) is -3.47. The number of hydrogen-bond acceptors (Lipinski definition) is 3. The minimum absolute atomic E-state index is 0.196. The van der Waals surface area contributed by atoms with E-state index >= 15 is 0 Å². The van der Waals surface area contributed by atoms with Crippen molar-refractivity contribution in [2.75, 3.05) is 6.54 Å².